The Morgan fingerprint density at radius 1 is 1.17 bits per heavy atom. The van der Waals surface area contributed by atoms with Crippen LogP contribution >= 0.6 is 11.6 Å². The standard InChI is InChI=1S/C17H14ClF3O2/c1-16(10-23-16)14-7-6-13(8-15(14)17(19,20)21)22-9-11-2-4-12(18)5-3-11/h2-8H,9-10H2,1H3. The van der Waals surface area contributed by atoms with Gasteiger partial charge in [0.2, 0.25) is 0 Å². The SMILES string of the molecule is CC1(c2ccc(OCc3ccc(Cl)cc3)cc2C(F)(F)F)CO1. The van der Waals surface area contributed by atoms with Crippen LogP contribution in [0.2, 0.25) is 5.02 Å². The number of hydrogen-bond acceptors (Lipinski definition) is 2. The van der Waals surface area contributed by atoms with E-state index in [-0.39, 0.29) is 17.9 Å². The summed E-state index contributed by atoms with van der Waals surface area (Å²) in [5, 5.41) is 0.593. The van der Waals surface area contributed by atoms with E-state index in [9.17, 15) is 13.2 Å². The van der Waals surface area contributed by atoms with E-state index in [4.69, 9.17) is 21.1 Å². The Balaban J connectivity index is 1.82. The number of rotatable bonds is 4. The van der Waals surface area contributed by atoms with Crippen LogP contribution in [-0.4, -0.2) is 6.61 Å². The minimum absolute atomic E-state index is 0.142. The molecule has 1 saturated heterocycles. The predicted octanol–water partition coefficient (Wildman–Crippen LogP) is 5.18. The second-order valence-electron chi connectivity index (χ2n) is 5.64. The van der Waals surface area contributed by atoms with E-state index >= 15 is 0 Å². The molecule has 1 unspecified atom stereocenters. The summed E-state index contributed by atoms with van der Waals surface area (Å²) >= 11 is 5.79. The first-order valence-electron chi connectivity index (χ1n) is 7.01. The summed E-state index contributed by atoms with van der Waals surface area (Å²) in [6, 6.07) is 10.9. The number of ether oxygens (including phenoxy) is 2. The van der Waals surface area contributed by atoms with E-state index in [1.165, 1.54) is 12.1 Å². The van der Waals surface area contributed by atoms with Crippen LogP contribution in [0.3, 0.4) is 0 Å². The van der Waals surface area contributed by atoms with Crippen molar-refractivity contribution in [2.75, 3.05) is 6.61 Å². The van der Waals surface area contributed by atoms with Crippen molar-refractivity contribution in [2.24, 2.45) is 0 Å². The van der Waals surface area contributed by atoms with E-state index in [1.54, 1.807) is 31.2 Å². The Morgan fingerprint density at radius 3 is 2.39 bits per heavy atom. The van der Waals surface area contributed by atoms with Crippen LogP contribution in [0.25, 0.3) is 0 Å². The highest BCUT2D eigenvalue weighted by molar-refractivity contribution is 6.30. The molecule has 1 heterocycles. The first kappa shape index (κ1) is 16.1. The second kappa shape index (κ2) is 5.73. The summed E-state index contributed by atoms with van der Waals surface area (Å²) in [6.07, 6.45) is -4.45. The third-order valence-corrected chi connectivity index (χ3v) is 4.01. The molecule has 2 aromatic rings. The average Bonchev–Trinajstić information content (AvgIpc) is 3.24. The van der Waals surface area contributed by atoms with Gasteiger partial charge in [-0.3, -0.25) is 0 Å². The number of epoxide rings is 1. The predicted molar refractivity (Wildman–Crippen MR) is 80.5 cm³/mol. The van der Waals surface area contributed by atoms with Gasteiger partial charge in [0.15, 0.2) is 0 Å². The summed E-state index contributed by atoms with van der Waals surface area (Å²) in [7, 11) is 0. The van der Waals surface area contributed by atoms with Gasteiger partial charge >= 0.3 is 6.18 Å². The van der Waals surface area contributed by atoms with E-state index < -0.39 is 17.3 Å². The van der Waals surface area contributed by atoms with Crippen molar-refractivity contribution in [1.82, 2.24) is 0 Å². The normalized spacial score (nSPS) is 20.4. The molecule has 0 radical (unpaired) electrons. The second-order valence-corrected chi connectivity index (χ2v) is 6.08. The maximum absolute atomic E-state index is 13.3. The van der Waals surface area contributed by atoms with Crippen molar-refractivity contribution in [3.05, 3.63) is 64.2 Å². The van der Waals surface area contributed by atoms with Crippen LogP contribution in [0, 0.1) is 0 Å². The molecule has 0 aliphatic carbocycles. The lowest BCUT2D eigenvalue weighted by molar-refractivity contribution is -0.138. The van der Waals surface area contributed by atoms with E-state index in [0.717, 1.165) is 11.6 Å². The minimum Gasteiger partial charge on any atom is -0.489 e. The van der Waals surface area contributed by atoms with Crippen LogP contribution in [0.4, 0.5) is 13.2 Å². The first-order chi connectivity index (χ1) is 10.8. The highest BCUT2D eigenvalue weighted by atomic mass is 35.5. The number of hydrogen-bond donors (Lipinski definition) is 0. The Hall–Kier alpha value is -1.72. The van der Waals surface area contributed by atoms with Gasteiger partial charge in [-0.2, -0.15) is 13.2 Å². The number of benzene rings is 2. The Kier molecular flexibility index (Phi) is 4.02. The third kappa shape index (κ3) is 3.62. The Bertz CT molecular complexity index is 707. The van der Waals surface area contributed by atoms with Gasteiger partial charge in [-0.05, 0) is 42.3 Å². The van der Waals surface area contributed by atoms with Gasteiger partial charge in [0.25, 0.3) is 0 Å². The van der Waals surface area contributed by atoms with Crippen LogP contribution in [0.1, 0.15) is 23.6 Å². The lowest BCUT2D eigenvalue weighted by atomic mass is 9.95. The largest absolute Gasteiger partial charge is 0.489 e. The van der Waals surface area contributed by atoms with Crippen LogP contribution < -0.4 is 4.74 Å². The van der Waals surface area contributed by atoms with Crippen LogP contribution in [-0.2, 0) is 23.1 Å². The molecule has 1 atom stereocenters. The van der Waals surface area contributed by atoms with E-state index in [2.05, 4.69) is 0 Å². The molecule has 2 aromatic carbocycles. The Morgan fingerprint density at radius 2 is 1.83 bits per heavy atom. The zero-order chi connectivity index (χ0) is 16.7. The first-order valence-corrected chi connectivity index (χ1v) is 7.39. The zero-order valence-corrected chi connectivity index (χ0v) is 13.0. The van der Waals surface area contributed by atoms with Crippen LogP contribution in [0.15, 0.2) is 42.5 Å². The van der Waals surface area contributed by atoms with Gasteiger partial charge in [-0.15, -0.1) is 0 Å². The monoisotopic (exact) mass is 342 g/mol. The fraction of sp³-hybridized carbons (Fsp3) is 0.294. The topological polar surface area (TPSA) is 21.8 Å². The summed E-state index contributed by atoms with van der Waals surface area (Å²) in [5.41, 5.74) is -0.598. The van der Waals surface area contributed by atoms with Crippen LogP contribution in [0.5, 0.6) is 5.75 Å². The van der Waals surface area contributed by atoms with Crippen molar-refractivity contribution < 1.29 is 22.6 Å². The maximum Gasteiger partial charge on any atom is 0.416 e. The lowest BCUT2D eigenvalue weighted by Gasteiger charge is -2.17. The molecular weight excluding hydrogens is 329 g/mol. The van der Waals surface area contributed by atoms with Gasteiger partial charge in [0.1, 0.15) is 18.0 Å². The van der Waals surface area contributed by atoms with Gasteiger partial charge < -0.3 is 9.47 Å². The molecular formula is C17H14ClF3O2. The molecule has 2 nitrogen and oxygen atoms in total. The highest BCUT2D eigenvalue weighted by Gasteiger charge is 2.47. The summed E-state index contributed by atoms with van der Waals surface area (Å²) in [5.74, 6) is 0.167. The molecule has 0 N–H and O–H groups in total. The molecule has 6 heteroatoms. The average molecular weight is 343 g/mol. The van der Waals surface area contributed by atoms with Gasteiger partial charge in [0, 0.05) is 5.02 Å². The molecule has 1 aliphatic rings. The van der Waals surface area contributed by atoms with Gasteiger partial charge in [0.05, 0.1) is 12.2 Å². The number of halogens is 4. The molecule has 0 aromatic heterocycles. The third-order valence-electron chi connectivity index (χ3n) is 3.76. The summed E-state index contributed by atoms with van der Waals surface area (Å²) in [4.78, 5) is 0. The molecule has 122 valence electrons. The van der Waals surface area contributed by atoms with Crippen molar-refractivity contribution in [3.8, 4) is 5.75 Å². The van der Waals surface area contributed by atoms with E-state index in [1.807, 2.05) is 0 Å². The maximum atomic E-state index is 13.3. The van der Waals surface area contributed by atoms with E-state index in [0.29, 0.717) is 11.6 Å². The highest BCUT2D eigenvalue weighted by Crippen LogP contribution is 2.45. The minimum atomic E-state index is -4.45. The summed E-state index contributed by atoms with van der Waals surface area (Å²) < 4.78 is 50.4. The Labute approximate surface area is 136 Å². The molecule has 1 fully saturated rings. The van der Waals surface area contributed by atoms with Crippen molar-refractivity contribution in [3.63, 3.8) is 0 Å². The molecule has 0 spiro atoms. The molecule has 23 heavy (non-hydrogen) atoms. The molecule has 3 rings (SSSR count). The molecule has 0 amide bonds. The molecule has 0 saturated carbocycles. The molecule has 1 aliphatic heterocycles. The van der Waals surface area contributed by atoms with Crippen molar-refractivity contribution in [1.29, 1.82) is 0 Å². The number of alkyl halides is 3. The lowest BCUT2D eigenvalue weighted by Crippen LogP contribution is -2.15. The van der Waals surface area contributed by atoms with Crippen molar-refractivity contribution in [2.45, 2.75) is 25.3 Å². The molecule has 0 bridgehead atoms. The summed E-state index contributed by atoms with van der Waals surface area (Å²) in [6.45, 7) is 2.11. The fourth-order valence-corrected chi connectivity index (χ4v) is 2.45. The van der Waals surface area contributed by atoms with Gasteiger partial charge in [-0.25, -0.2) is 0 Å². The quantitative estimate of drug-likeness (QED) is 0.714. The van der Waals surface area contributed by atoms with Gasteiger partial charge in [-0.1, -0.05) is 29.8 Å². The fourth-order valence-electron chi connectivity index (χ4n) is 2.32. The zero-order valence-electron chi connectivity index (χ0n) is 12.3. The van der Waals surface area contributed by atoms with Crippen molar-refractivity contribution >= 4 is 11.6 Å². The smallest absolute Gasteiger partial charge is 0.416 e.